The highest BCUT2D eigenvalue weighted by molar-refractivity contribution is 7.90. The molecule has 0 aliphatic carbocycles. The Labute approximate surface area is 108 Å². The van der Waals surface area contributed by atoms with Gasteiger partial charge in [-0.2, -0.15) is 0 Å². The van der Waals surface area contributed by atoms with Crippen molar-refractivity contribution >= 4 is 11.4 Å². The minimum Gasteiger partial charge on any atom is -0.598 e. The molecule has 1 N–H and O–H groups in total. The number of rotatable bonds is 5. The van der Waals surface area contributed by atoms with E-state index >= 15 is 0 Å². The van der Waals surface area contributed by atoms with Crippen molar-refractivity contribution in [1.82, 2.24) is 4.72 Å². The fourth-order valence-electron chi connectivity index (χ4n) is 1.46. The number of benzene rings is 1. The zero-order chi connectivity index (χ0) is 13.1. The second kappa shape index (κ2) is 5.89. The summed E-state index contributed by atoms with van der Waals surface area (Å²) in [5, 5.41) is 0. The van der Waals surface area contributed by atoms with E-state index in [2.05, 4.69) is 43.7 Å². The van der Waals surface area contributed by atoms with Crippen LogP contribution in [0.5, 0.6) is 0 Å². The Hall–Kier alpha value is -0.510. The molecule has 0 heterocycles. The van der Waals surface area contributed by atoms with Crippen LogP contribution in [0.3, 0.4) is 0 Å². The SMILES string of the molecule is CCC(C)(C)[S@@+]([O-])N[C@@H](C)c1cccc(C)c1. The minimum absolute atomic E-state index is 0.113. The summed E-state index contributed by atoms with van der Waals surface area (Å²) in [5.41, 5.74) is 2.42. The molecule has 0 amide bonds. The highest BCUT2D eigenvalue weighted by Gasteiger charge is 2.31. The van der Waals surface area contributed by atoms with Crippen molar-refractivity contribution < 1.29 is 4.55 Å². The molecule has 3 heteroatoms. The van der Waals surface area contributed by atoms with Crippen LogP contribution in [0.4, 0.5) is 0 Å². The molecule has 96 valence electrons. The van der Waals surface area contributed by atoms with E-state index in [0.29, 0.717) is 0 Å². The van der Waals surface area contributed by atoms with Gasteiger partial charge in [0.15, 0.2) is 0 Å². The molecule has 1 rings (SSSR count). The Kier molecular flexibility index (Phi) is 5.04. The minimum atomic E-state index is -1.02. The number of aryl methyl sites for hydroxylation is 1. The molecule has 0 aromatic heterocycles. The molecule has 0 saturated carbocycles. The maximum atomic E-state index is 12.2. The van der Waals surface area contributed by atoms with Gasteiger partial charge in [0.1, 0.15) is 4.75 Å². The lowest BCUT2D eigenvalue weighted by molar-refractivity contribution is 0.512. The molecule has 17 heavy (non-hydrogen) atoms. The smallest absolute Gasteiger partial charge is 0.139 e. The van der Waals surface area contributed by atoms with Crippen molar-refractivity contribution in [3.05, 3.63) is 35.4 Å². The average Bonchev–Trinajstić information content (AvgIpc) is 2.28. The molecule has 0 bridgehead atoms. The predicted molar refractivity (Wildman–Crippen MR) is 75.2 cm³/mol. The molecule has 0 radical (unpaired) electrons. The van der Waals surface area contributed by atoms with Gasteiger partial charge in [0.05, 0.1) is 6.04 Å². The van der Waals surface area contributed by atoms with Gasteiger partial charge in [0.25, 0.3) is 0 Å². The molecule has 0 aliphatic heterocycles. The van der Waals surface area contributed by atoms with E-state index in [1.54, 1.807) is 0 Å². The third-order valence-electron chi connectivity index (χ3n) is 3.18. The van der Waals surface area contributed by atoms with Gasteiger partial charge in [-0.15, -0.1) is 4.72 Å². The lowest BCUT2D eigenvalue weighted by Gasteiger charge is -2.29. The molecule has 0 aliphatic rings. The monoisotopic (exact) mass is 253 g/mol. The average molecular weight is 253 g/mol. The van der Waals surface area contributed by atoms with Crippen molar-refractivity contribution in [2.75, 3.05) is 0 Å². The molecule has 1 aromatic carbocycles. The molecule has 0 fully saturated rings. The second-order valence-corrected chi connectivity index (χ2v) is 7.01. The topological polar surface area (TPSA) is 35.1 Å². The van der Waals surface area contributed by atoms with Crippen LogP contribution in [0, 0.1) is 6.92 Å². The van der Waals surface area contributed by atoms with E-state index < -0.39 is 11.4 Å². The normalized spacial score (nSPS) is 15.6. The van der Waals surface area contributed by atoms with Crippen LogP contribution in [0.25, 0.3) is 0 Å². The van der Waals surface area contributed by atoms with Gasteiger partial charge < -0.3 is 4.55 Å². The zero-order valence-corrected chi connectivity index (χ0v) is 12.2. The van der Waals surface area contributed by atoms with E-state index in [1.807, 2.05) is 19.9 Å². The molecule has 2 nitrogen and oxygen atoms in total. The Morgan fingerprint density at radius 2 is 2.06 bits per heavy atom. The van der Waals surface area contributed by atoms with Gasteiger partial charge in [-0.1, -0.05) is 36.8 Å². The Balaban J connectivity index is 2.69. The third kappa shape index (κ3) is 4.02. The fourth-order valence-corrected chi connectivity index (χ4v) is 2.50. The first kappa shape index (κ1) is 14.6. The molecule has 0 spiro atoms. The van der Waals surface area contributed by atoms with Crippen LogP contribution >= 0.6 is 0 Å². The van der Waals surface area contributed by atoms with Crippen LogP contribution in [0.1, 0.15) is 51.3 Å². The maximum Gasteiger partial charge on any atom is 0.139 e. The van der Waals surface area contributed by atoms with Crippen LogP contribution < -0.4 is 4.72 Å². The summed E-state index contributed by atoms with van der Waals surface area (Å²) >= 11 is -1.02. The van der Waals surface area contributed by atoms with Gasteiger partial charge in [0, 0.05) is 11.4 Å². The van der Waals surface area contributed by atoms with Crippen LogP contribution in [0.2, 0.25) is 0 Å². The lowest BCUT2D eigenvalue weighted by atomic mass is 10.1. The molecular weight excluding hydrogens is 230 g/mol. The first-order valence-corrected chi connectivity index (χ1v) is 7.26. The summed E-state index contributed by atoms with van der Waals surface area (Å²) in [4.78, 5) is 0. The largest absolute Gasteiger partial charge is 0.598 e. The van der Waals surface area contributed by atoms with E-state index in [0.717, 1.165) is 6.42 Å². The number of hydrogen-bond acceptors (Lipinski definition) is 2. The predicted octanol–water partition coefficient (Wildman–Crippen LogP) is 3.50. The van der Waals surface area contributed by atoms with Gasteiger partial charge in [-0.3, -0.25) is 0 Å². The van der Waals surface area contributed by atoms with Crippen molar-refractivity contribution in [2.24, 2.45) is 0 Å². The summed E-state index contributed by atoms with van der Waals surface area (Å²) < 4.78 is 15.2. The number of hydrogen-bond donors (Lipinski definition) is 1. The summed E-state index contributed by atoms with van der Waals surface area (Å²) in [7, 11) is 0. The van der Waals surface area contributed by atoms with Gasteiger partial charge >= 0.3 is 0 Å². The zero-order valence-electron chi connectivity index (χ0n) is 11.4. The first-order chi connectivity index (χ1) is 7.86. The van der Waals surface area contributed by atoms with Crippen LogP contribution in [-0.4, -0.2) is 9.30 Å². The standard InChI is InChI=1S/C14H23NOS/c1-6-14(4,5)17(16)15-12(3)13-9-7-8-11(2)10-13/h7-10,12,15H,6H2,1-5H3/t12-,17+/m0/s1. The highest BCUT2D eigenvalue weighted by Crippen LogP contribution is 2.23. The van der Waals surface area contributed by atoms with Crippen molar-refractivity contribution in [2.45, 2.75) is 51.8 Å². The molecule has 0 saturated heterocycles. The van der Waals surface area contributed by atoms with Gasteiger partial charge in [0.2, 0.25) is 0 Å². The summed E-state index contributed by atoms with van der Waals surface area (Å²) in [6.07, 6.45) is 0.896. The molecule has 1 aromatic rings. The molecular formula is C14H23NOS. The lowest BCUT2D eigenvalue weighted by Crippen LogP contribution is -2.42. The Morgan fingerprint density at radius 3 is 2.59 bits per heavy atom. The fraction of sp³-hybridized carbons (Fsp3) is 0.571. The molecule has 2 atom stereocenters. The highest BCUT2D eigenvalue weighted by atomic mass is 32.2. The summed E-state index contributed by atoms with van der Waals surface area (Å²) in [6, 6.07) is 8.43. The van der Waals surface area contributed by atoms with Crippen molar-refractivity contribution in [3.63, 3.8) is 0 Å². The quantitative estimate of drug-likeness (QED) is 0.815. The van der Waals surface area contributed by atoms with Gasteiger partial charge in [-0.25, -0.2) is 0 Å². The first-order valence-electron chi connectivity index (χ1n) is 6.11. The van der Waals surface area contributed by atoms with E-state index in [4.69, 9.17) is 0 Å². The summed E-state index contributed by atoms with van der Waals surface area (Å²) in [6.45, 7) is 10.2. The summed E-state index contributed by atoms with van der Waals surface area (Å²) in [5.74, 6) is 0. The van der Waals surface area contributed by atoms with Crippen molar-refractivity contribution in [3.8, 4) is 0 Å². The van der Waals surface area contributed by atoms with Crippen molar-refractivity contribution in [1.29, 1.82) is 0 Å². The Morgan fingerprint density at radius 1 is 1.41 bits per heavy atom. The maximum absolute atomic E-state index is 12.2. The third-order valence-corrected chi connectivity index (χ3v) is 5.04. The van der Waals surface area contributed by atoms with Gasteiger partial charge in [-0.05, 0) is 39.7 Å². The Bertz CT molecular complexity index is 365. The van der Waals surface area contributed by atoms with E-state index in [1.165, 1.54) is 11.1 Å². The second-order valence-electron chi connectivity index (χ2n) is 5.14. The van der Waals surface area contributed by atoms with E-state index in [9.17, 15) is 4.55 Å². The van der Waals surface area contributed by atoms with Crippen LogP contribution in [0.15, 0.2) is 24.3 Å². The van der Waals surface area contributed by atoms with E-state index in [-0.39, 0.29) is 10.8 Å². The number of nitrogens with one attached hydrogen (secondary N) is 1. The van der Waals surface area contributed by atoms with Crippen LogP contribution in [-0.2, 0) is 11.4 Å². The molecule has 0 unspecified atom stereocenters.